The Hall–Kier alpha value is -3.86. The van der Waals surface area contributed by atoms with Crippen molar-refractivity contribution >= 4 is 40.6 Å². The minimum Gasteiger partial charge on any atom is -0.480 e. The summed E-state index contributed by atoms with van der Waals surface area (Å²) in [5, 5.41) is 18.7. The van der Waals surface area contributed by atoms with E-state index in [1.165, 1.54) is 22.8 Å². The minimum absolute atomic E-state index is 0.0965. The number of nitrogens with one attached hydrogen (secondary N) is 3. The van der Waals surface area contributed by atoms with Crippen LogP contribution in [-0.2, 0) is 4.79 Å². The Morgan fingerprint density at radius 2 is 1.61 bits per heavy atom. The molecule has 8 nitrogen and oxygen atoms in total. The van der Waals surface area contributed by atoms with Crippen LogP contribution < -0.4 is 16.0 Å². The van der Waals surface area contributed by atoms with Gasteiger partial charge in [0.15, 0.2) is 11.6 Å². The van der Waals surface area contributed by atoms with Crippen molar-refractivity contribution in [2.24, 2.45) is 5.92 Å². The number of amides is 3. The predicted octanol–water partition coefficient (Wildman–Crippen LogP) is 4.57. The predicted molar refractivity (Wildman–Crippen MR) is 120 cm³/mol. The fourth-order valence-electron chi connectivity index (χ4n) is 2.80. The number of carbonyl (C=O) groups is 3. The van der Waals surface area contributed by atoms with E-state index < -0.39 is 35.6 Å². The second-order valence-electron chi connectivity index (χ2n) is 7.36. The van der Waals surface area contributed by atoms with E-state index in [-0.39, 0.29) is 17.3 Å². The van der Waals surface area contributed by atoms with Gasteiger partial charge in [-0.1, -0.05) is 13.8 Å². The molecule has 0 fully saturated rings. The maximum Gasteiger partial charge on any atom is 0.326 e. The quantitative estimate of drug-likeness (QED) is 0.400. The van der Waals surface area contributed by atoms with Crippen LogP contribution in [0.25, 0.3) is 10.6 Å². The summed E-state index contributed by atoms with van der Waals surface area (Å²) in [5.41, 5.74) is 1.33. The standard InChI is InChI=1S/C22H20F2N4O4S/c1-11(2)18(21(30)31)28-19(29)17-10-33-20(27-17)12-3-5-13(6-4-12)25-22(32)26-14-7-8-15(23)16(24)9-14/h3-11,18H,1-2H3,(H,28,29)(H,30,31)(H2,25,26,32). The first-order valence-corrected chi connectivity index (χ1v) is 10.6. The fourth-order valence-corrected chi connectivity index (χ4v) is 3.61. The topological polar surface area (TPSA) is 120 Å². The molecular formula is C22H20F2N4O4S. The monoisotopic (exact) mass is 474 g/mol. The molecule has 1 aromatic heterocycles. The second-order valence-corrected chi connectivity index (χ2v) is 8.21. The summed E-state index contributed by atoms with van der Waals surface area (Å²) < 4.78 is 26.2. The second kappa shape index (κ2) is 10.2. The molecule has 0 saturated heterocycles. The molecule has 33 heavy (non-hydrogen) atoms. The Labute approximate surface area is 191 Å². The van der Waals surface area contributed by atoms with Crippen molar-refractivity contribution in [2.75, 3.05) is 10.6 Å². The van der Waals surface area contributed by atoms with Crippen molar-refractivity contribution in [3.05, 3.63) is 65.2 Å². The van der Waals surface area contributed by atoms with Crippen LogP contribution >= 0.6 is 11.3 Å². The number of urea groups is 1. The van der Waals surface area contributed by atoms with Gasteiger partial charge in [0.25, 0.3) is 5.91 Å². The number of nitrogens with zero attached hydrogens (tertiary/aromatic N) is 1. The number of anilines is 2. The Morgan fingerprint density at radius 1 is 0.970 bits per heavy atom. The third-order valence-electron chi connectivity index (χ3n) is 4.52. The molecule has 1 atom stereocenters. The largest absolute Gasteiger partial charge is 0.480 e. The van der Waals surface area contributed by atoms with Gasteiger partial charge in [-0.05, 0) is 42.3 Å². The van der Waals surface area contributed by atoms with Gasteiger partial charge >= 0.3 is 12.0 Å². The molecule has 0 bridgehead atoms. The molecule has 172 valence electrons. The highest BCUT2D eigenvalue weighted by molar-refractivity contribution is 7.13. The summed E-state index contributed by atoms with van der Waals surface area (Å²) >= 11 is 1.21. The first-order valence-electron chi connectivity index (χ1n) is 9.76. The van der Waals surface area contributed by atoms with Crippen LogP contribution in [0.2, 0.25) is 0 Å². The SMILES string of the molecule is CC(C)C(NC(=O)c1csc(-c2ccc(NC(=O)Nc3ccc(F)c(F)c3)cc2)n1)C(=O)O. The average Bonchev–Trinajstić information content (AvgIpc) is 3.25. The van der Waals surface area contributed by atoms with E-state index >= 15 is 0 Å². The molecule has 3 aromatic rings. The molecule has 4 N–H and O–H groups in total. The van der Waals surface area contributed by atoms with Crippen molar-refractivity contribution in [1.29, 1.82) is 0 Å². The maximum absolute atomic E-state index is 13.2. The molecule has 1 heterocycles. The number of hydrogen-bond donors (Lipinski definition) is 4. The Kier molecular flexibility index (Phi) is 7.34. The smallest absolute Gasteiger partial charge is 0.326 e. The van der Waals surface area contributed by atoms with Gasteiger partial charge < -0.3 is 21.1 Å². The molecule has 0 aliphatic heterocycles. The van der Waals surface area contributed by atoms with Gasteiger partial charge in [-0.15, -0.1) is 11.3 Å². The number of carbonyl (C=O) groups excluding carboxylic acids is 2. The van der Waals surface area contributed by atoms with Gasteiger partial charge in [-0.2, -0.15) is 0 Å². The summed E-state index contributed by atoms with van der Waals surface area (Å²) in [4.78, 5) is 39.9. The molecule has 1 unspecified atom stereocenters. The molecule has 2 aromatic carbocycles. The van der Waals surface area contributed by atoms with Crippen LogP contribution in [-0.4, -0.2) is 34.0 Å². The van der Waals surface area contributed by atoms with Gasteiger partial charge in [-0.3, -0.25) is 4.79 Å². The Balaban J connectivity index is 1.62. The van der Waals surface area contributed by atoms with Crippen LogP contribution in [0, 0.1) is 17.6 Å². The molecule has 0 aliphatic rings. The van der Waals surface area contributed by atoms with E-state index in [0.29, 0.717) is 16.3 Å². The lowest BCUT2D eigenvalue weighted by molar-refractivity contribution is -0.140. The highest BCUT2D eigenvalue weighted by atomic mass is 32.1. The molecule has 0 saturated carbocycles. The van der Waals surface area contributed by atoms with Crippen LogP contribution in [0.15, 0.2) is 47.8 Å². The van der Waals surface area contributed by atoms with Gasteiger partial charge in [0.2, 0.25) is 0 Å². The number of benzene rings is 2. The highest BCUT2D eigenvalue weighted by Crippen LogP contribution is 2.25. The lowest BCUT2D eigenvalue weighted by atomic mass is 10.0. The van der Waals surface area contributed by atoms with Crippen LogP contribution in [0.5, 0.6) is 0 Å². The van der Waals surface area contributed by atoms with Crippen molar-refractivity contribution in [2.45, 2.75) is 19.9 Å². The zero-order chi connectivity index (χ0) is 24.1. The van der Waals surface area contributed by atoms with E-state index in [0.717, 1.165) is 12.1 Å². The fraction of sp³-hybridized carbons (Fsp3) is 0.182. The van der Waals surface area contributed by atoms with Gasteiger partial charge in [0, 0.05) is 28.4 Å². The molecule has 0 radical (unpaired) electrons. The van der Waals surface area contributed by atoms with Crippen molar-refractivity contribution in [3.8, 4) is 10.6 Å². The molecule has 3 amide bonds. The van der Waals surface area contributed by atoms with Crippen LogP contribution in [0.4, 0.5) is 25.0 Å². The molecule has 3 rings (SSSR count). The third-order valence-corrected chi connectivity index (χ3v) is 5.41. The van der Waals surface area contributed by atoms with Crippen LogP contribution in [0.3, 0.4) is 0 Å². The number of thiazole rings is 1. The zero-order valence-corrected chi connectivity index (χ0v) is 18.4. The molecular weight excluding hydrogens is 454 g/mol. The normalized spacial score (nSPS) is 11.7. The van der Waals surface area contributed by atoms with Crippen LogP contribution in [0.1, 0.15) is 24.3 Å². The lowest BCUT2D eigenvalue weighted by Gasteiger charge is -2.16. The number of carboxylic acid groups (broad SMARTS) is 1. The number of carboxylic acids is 1. The van der Waals surface area contributed by atoms with Gasteiger partial charge in [0.05, 0.1) is 0 Å². The summed E-state index contributed by atoms with van der Waals surface area (Å²) in [7, 11) is 0. The minimum atomic E-state index is -1.12. The zero-order valence-electron chi connectivity index (χ0n) is 17.6. The third kappa shape index (κ3) is 6.10. The van der Waals surface area contributed by atoms with Gasteiger partial charge in [-0.25, -0.2) is 23.4 Å². The maximum atomic E-state index is 13.2. The summed E-state index contributed by atoms with van der Waals surface area (Å²) in [6.45, 7) is 3.39. The van der Waals surface area contributed by atoms with Crippen molar-refractivity contribution in [1.82, 2.24) is 10.3 Å². The van der Waals surface area contributed by atoms with E-state index in [1.807, 2.05) is 0 Å². The summed E-state index contributed by atoms with van der Waals surface area (Å²) in [6, 6.07) is 7.94. The molecule has 11 heteroatoms. The number of halogens is 2. The van der Waals surface area contributed by atoms with E-state index in [1.54, 1.807) is 38.1 Å². The highest BCUT2D eigenvalue weighted by Gasteiger charge is 2.25. The molecule has 0 aliphatic carbocycles. The number of aliphatic carboxylic acids is 1. The number of aromatic nitrogens is 1. The first-order chi connectivity index (χ1) is 15.6. The Morgan fingerprint density at radius 3 is 2.21 bits per heavy atom. The summed E-state index contributed by atoms with van der Waals surface area (Å²) in [5.74, 6) is -4.07. The number of hydrogen-bond acceptors (Lipinski definition) is 5. The van der Waals surface area contributed by atoms with E-state index in [9.17, 15) is 28.3 Å². The van der Waals surface area contributed by atoms with E-state index in [4.69, 9.17) is 0 Å². The van der Waals surface area contributed by atoms with Crippen molar-refractivity contribution in [3.63, 3.8) is 0 Å². The van der Waals surface area contributed by atoms with Gasteiger partial charge in [0.1, 0.15) is 16.7 Å². The Bertz CT molecular complexity index is 1180. The first kappa shape index (κ1) is 23.8. The lowest BCUT2D eigenvalue weighted by Crippen LogP contribution is -2.44. The molecule has 0 spiro atoms. The number of rotatable bonds is 7. The van der Waals surface area contributed by atoms with Crippen molar-refractivity contribution < 1.29 is 28.3 Å². The average molecular weight is 474 g/mol. The summed E-state index contributed by atoms with van der Waals surface area (Å²) in [6.07, 6.45) is 0. The van der Waals surface area contributed by atoms with E-state index in [2.05, 4.69) is 20.9 Å².